The van der Waals surface area contributed by atoms with Gasteiger partial charge in [0.15, 0.2) is 0 Å². The first-order valence-electron chi connectivity index (χ1n) is 9.64. The van der Waals surface area contributed by atoms with Crippen molar-refractivity contribution in [1.29, 1.82) is 0 Å². The van der Waals surface area contributed by atoms with Gasteiger partial charge in [-0.1, -0.05) is 41.9 Å². The SMILES string of the molecule is CC(NCCCc1ccccc1N1CCN(C)CC1)c1ccc(Cl)cc1. The van der Waals surface area contributed by atoms with E-state index in [1.54, 1.807) is 0 Å². The Hall–Kier alpha value is -1.55. The molecule has 0 amide bonds. The lowest BCUT2D eigenvalue weighted by atomic mass is 10.0. The first-order valence-corrected chi connectivity index (χ1v) is 10.0. The van der Waals surface area contributed by atoms with Crippen molar-refractivity contribution in [1.82, 2.24) is 10.2 Å². The first kappa shape index (κ1) is 19.2. The van der Waals surface area contributed by atoms with Gasteiger partial charge in [-0.15, -0.1) is 0 Å². The molecule has 0 aliphatic carbocycles. The first-order chi connectivity index (χ1) is 12.6. The fourth-order valence-corrected chi connectivity index (χ4v) is 3.67. The van der Waals surface area contributed by atoms with E-state index in [-0.39, 0.29) is 0 Å². The third kappa shape index (κ3) is 5.23. The summed E-state index contributed by atoms with van der Waals surface area (Å²) < 4.78 is 0. The Morgan fingerprint density at radius 3 is 2.42 bits per heavy atom. The van der Waals surface area contributed by atoms with Crippen molar-refractivity contribution in [2.75, 3.05) is 44.7 Å². The highest BCUT2D eigenvalue weighted by atomic mass is 35.5. The maximum atomic E-state index is 5.97. The summed E-state index contributed by atoms with van der Waals surface area (Å²) in [5.41, 5.74) is 4.18. The average molecular weight is 372 g/mol. The molecule has 2 aromatic carbocycles. The number of nitrogens with one attached hydrogen (secondary N) is 1. The van der Waals surface area contributed by atoms with Crippen LogP contribution in [0.15, 0.2) is 48.5 Å². The molecular formula is C22H30ClN3. The van der Waals surface area contributed by atoms with Gasteiger partial charge >= 0.3 is 0 Å². The fraction of sp³-hybridized carbons (Fsp3) is 0.455. The quantitative estimate of drug-likeness (QED) is 0.729. The predicted molar refractivity (Wildman–Crippen MR) is 112 cm³/mol. The van der Waals surface area contributed by atoms with E-state index in [4.69, 9.17) is 11.6 Å². The van der Waals surface area contributed by atoms with Gasteiger partial charge in [-0.25, -0.2) is 0 Å². The molecule has 1 aliphatic rings. The van der Waals surface area contributed by atoms with Gasteiger partial charge in [0.1, 0.15) is 0 Å². The summed E-state index contributed by atoms with van der Waals surface area (Å²) in [6, 6.07) is 17.4. The summed E-state index contributed by atoms with van der Waals surface area (Å²) in [5.74, 6) is 0. The van der Waals surface area contributed by atoms with Crippen LogP contribution in [-0.2, 0) is 6.42 Å². The van der Waals surface area contributed by atoms with Gasteiger partial charge in [-0.05, 0) is 62.7 Å². The number of para-hydroxylation sites is 1. The maximum Gasteiger partial charge on any atom is 0.0406 e. The van der Waals surface area contributed by atoms with E-state index in [1.165, 1.54) is 16.8 Å². The lowest BCUT2D eigenvalue weighted by Crippen LogP contribution is -2.44. The van der Waals surface area contributed by atoms with E-state index in [9.17, 15) is 0 Å². The summed E-state index contributed by atoms with van der Waals surface area (Å²) in [4.78, 5) is 4.94. The van der Waals surface area contributed by atoms with Crippen molar-refractivity contribution < 1.29 is 0 Å². The lowest BCUT2D eigenvalue weighted by molar-refractivity contribution is 0.312. The number of benzene rings is 2. The molecule has 0 spiro atoms. The van der Waals surface area contributed by atoms with E-state index in [1.807, 2.05) is 12.1 Å². The van der Waals surface area contributed by atoms with Crippen molar-refractivity contribution in [3.05, 3.63) is 64.7 Å². The highest BCUT2D eigenvalue weighted by Crippen LogP contribution is 2.23. The smallest absolute Gasteiger partial charge is 0.0406 e. The molecule has 1 N–H and O–H groups in total. The summed E-state index contributed by atoms with van der Waals surface area (Å²) in [5, 5.41) is 4.42. The van der Waals surface area contributed by atoms with Crippen LogP contribution in [0, 0.1) is 0 Å². The van der Waals surface area contributed by atoms with Gasteiger partial charge < -0.3 is 15.1 Å². The minimum atomic E-state index is 0.347. The Bertz CT molecular complexity index is 678. The van der Waals surface area contributed by atoms with Crippen molar-refractivity contribution in [2.24, 2.45) is 0 Å². The molecule has 4 heteroatoms. The normalized spacial score (nSPS) is 16.7. The second-order valence-electron chi connectivity index (χ2n) is 7.25. The molecule has 1 saturated heterocycles. The highest BCUT2D eigenvalue weighted by molar-refractivity contribution is 6.30. The summed E-state index contributed by atoms with van der Waals surface area (Å²) in [6.07, 6.45) is 2.26. The molecule has 0 radical (unpaired) electrons. The molecule has 0 saturated carbocycles. The number of hydrogen-bond acceptors (Lipinski definition) is 3. The summed E-state index contributed by atoms with van der Waals surface area (Å²) in [6.45, 7) is 7.77. The van der Waals surface area contributed by atoms with E-state index >= 15 is 0 Å². The third-order valence-corrected chi connectivity index (χ3v) is 5.53. The predicted octanol–water partition coefficient (Wildman–Crippen LogP) is 4.38. The monoisotopic (exact) mass is 371 g/mol. The Balaban J connectivity index is 1.50. The molecule has 1 heterocycles. The lowest BCUT2D eigenvalue weighted by Gasteiger charge is -2.35. The second kappa shape index (κ2) is 9.40. The number of nitrogens with zero attached hydrogens (tertiary/aromatic N) is 2. The number of anilines is 1. The van der Waals surface area contributed by atoms with Gasteiger partial charge in [0.25, 0.3) is 0 Å². The molecule has 0 aromatic heterocycles. The second-order valence-corrected chi connectivity index (χ2v) is 7.69. The van der Waals surface area contributed by atoms with Crippen LogP contribution in [-0.4, -0.2) is 44.7 Å². The van der Waals surface area contributed by atoms with E-state index < -0.39 is 0 Å². The molecule has 0 bridgehead atoms. The maximum absolute atomic E-state index is 5.97. The largest absolute Gasteiger partial charge is 0.369 e. The number of hydrogen-bond donors (Lipinski definition) is 1. The van der Waals surface area contributed by atoms with Crippen LogP contribution in [0.1, 0.15) is 30.5 Å². The van der Waals surface area contributed by atoms with Crippen LogP contribution in [0.5, 0.6) is 0 Å². The minimum Gasteiger partial charge on any atom is -0.369 e. The molecule has 1 fully saturated rings. The van der Waals surface area contributed by atoms with E-state index in [0.717, 1.165) is 50.6 Å². The zero-order valence-electron chi connectivity index (χ0n) is 15.9. The zero-order valence-corrected chi connectivity index (χ0v) is 16.7. The highest BCUT2D eigenvalue weighted by Gasteiger charge is 2.16. The average Bonchev–Trinajstić information content (AvgIpc) is 2.67. The van der Waals surface area contributed by atoms with Crippen molar-refractivity contribution >= 4 is 17.3 Å². The number of halogens is 1. The fourth-order valence-electron chi connectivity index (χ4n) is 3.54. The molecule has 140 valence electrons. The standard InChI is InChI=1S/C22H30ClN3/c1-18(19-9-11-21(23)12-10-19)24-13-5-7-20-6-3-4-8-22(20)26-16-14-25(2)15-17-26/h3-4,6,8-12,18,24H,5,7,13-17H2,1-2H3. The summed E-state index contributed by atoms with van der Waals surface area (Å²) in [7, 11) is 2.21. The molecule has 26 heavy (non-hydrogen) atoms. The van der Waals surface area contributed by atoms with Crippen LogP contribution in [0.3, 0.4) is 0 Å². The van der Waals surface area contributed by atoms with Gasteiger partial charge in [0, 0.05) is 42.9 Å². The minimum absolute atomic E-state index is 0.347. The van der Waals surface area contributed by atoms with Crippen molar-refractivity contribution in [3.8, 4) is 0 Å². The third-order valence-electron chi connectivity index (χ3n) is 5.28. The Kier molecular flexibility index (Phi) is 6.95. The molecule has 1 unspecified atom stereocenters. The molecule has 2 aromatic rings. The van der Waals surface area contributed by atoms with Gasteiger partial charge in [0.05, 0.1) is 0 Å². The van der Waals surface area contributed by atoms with Gasteiger partial charge in [0.2, 0.25) is 0 Å². The van der Waals surface area contributed by atoms with E-state index in [0.29, 0.717) is 6.04 Å². The molecular weight excluding hydrogens is 342 g/mol. The number of aryl methyl sites for hydroxylation is 1. The topological polar surface area (TPSA) is 18.5 Å². The van der Waals surface area contributed by atoms with Crippen LogP contribution >= 0.6 is 11.6 Å². The summed E-state index contributed by atoms with van der Waals surface area (Å²) >= 11 is 5.97. The molecule has 3 rings (SSSR count). The van der Waals surface area contributed by atoms with E-state index in [2.05, 4.69) is 65.5 Å². The Morgan fingerprint density at radius 2 is 1.69 bits per heavy atom. The molecule has 3 nitrogen and oxygen atoms in total. The molecule has 1 aliphatic heterocycles. The Labute approximate surface area is 163 Å². The Morgan fingerprint density at radius 1 is 1.00 bits per heavy atom. The van der Waals surface area contributed by atoms with Crippen LogP contribution in [0.4, 0.5) is 5.69 Å². The van der Waals surface area contributed by atoms with Gasteiger partial charge in [-0.3, -0.25) is 0 Å². The van der Waals surface area contributed by atoms with Crippen LogP contribution in [0.25, 0.3) is 0 Å². The van der Waals surface area contributed by atoms with Crippen molar-refractivity contribution in [2.45, 2.75) is 25.8 Å². The number of rotatable bonds is 7. The van der Waals surface area contributed by atoms with Crippen molar-refractivity contribution in [3.63, 3.8) is 0 Å². The molecule has 1 atom stereocenters. The van der Waals surface area contributed by atoms with Gasteiger partial charge in [-0.2, -0.15) is 0 Å². The van der Waals surface area contributed by atoms with Crippen LogP contribution < -0.4 is 10.2 Å². The zero-order chi connectivity index (χ0) is 18.4. The van der Waals surface area contributed by atoms with Crippen LogP contribution in [0.2, 0.25) is 5.02 Å². The number of piperazine rings is 1. The number of likely N-dealkylation sites (N-methyl/N-ethyl adjacent to an activating group) is 1.